The van der Waals surface area contributed by atoms with Crippen LogP contribution in [0, 0.1) is 17.7 Å². The van der Waals surface area contributed by atoms with E-state index in [4.69, 9.17) is 5.73 Å². The zero-order valence-corrected chi connectivity index (χ0v) is 9.87. The van der Waals surface area contributed by atoms with Gasteiger partial charge >= 0.3 is 0 Å². The molecule has 92 valence electrons. The molecule has 0 spiro atoms. The molecular weight excluding hydrogens is 219 g/mol. The monoisotopic (exact) mass is 236 g/mol. The van der Waals surface area contributed by atoms with Crippen molar-refractivity contribution >= 4 is 11.6 Å². The van der Waals surface area contributed by atoms with Gasteiger partial charge in [0.2, 0.25) is 0 Å². The summed E-state index contributed by atoms with van der Waals surface area (Å²) >= 11 is 0. The van der Waals surface area contributed by atoms with Gasteiger partial charge < -0.3 is 11.1 Å². The van der Waals surface area contributed by atoms with Crippen LogP contribution in [0.25, 0.3) is 0 Å². The summed E-state index contributed by atoms with van der Waals surface area (Å²) in [6, 6.07) is 3.83. The molecule has 17 heavy (non-hydrogen) atoms. The zero-order chi connectivity index (χ0) is 12.4. The number of hydrogen-bond donors (Lipinski definition) is 2. The van der Waals surface area contributed by atoms with E-state index in [2.05, 4.69) is 12.2 Å². The first-order valence-corrected chi connectivity index (χ1v) is 5.91. The van der Waals surface area contributed by atoms with Gasteiger partial charge in [0, 0.05) is 12.2 Å². The number of rotatable bonds is 4. The first kappa shape index (κ1) is 11.9. The second-order valence-electron chi connectivity index (χ2n) is 4.76. The van der Waals surface area contributed by atoms with Gasteiger partial charge in [0.05, 0.1) is 5.56 Å². The van der Waals surface area contributed by atoms with Gasteiger partial charge in [0.25, 0.3) is 5.91 Å². The van der Waals surface area contributed by atoms with Crippen molar-refractivity contribution in [3.05, 3.63) is 29.6 Å². The Morgan fingerprint density at radius 1 is 1.59 bits per heavy atom. The van der Waals surface area contributed by atoms with Crippen LogP contribution < -0.4 is 11.1 Å². The van der Waals surface area contributed by atoms with Gasteiger partial charge in [-0.3, -0.25) is 4.79 Å². The number of nitrogen functional groups attached to an aromatic ring is 1. The predicted octanol–water partition coefficient (Wildman–Crippen LogP) is 2.18. The fourth-order valence-corrected chi connectivity index (χ4v) is 1.92. The average molecular weight is 236 g/mol. The van der Waals surface area contributed by atoms with Crippen molar-refractivity contribution in [1.82, 2.24) is 5.32 Å². The zero-order valence-electron chi connectivity index (χ0n) is 9.87. The van der Waals surface area contributed by atoms with E-state index in [9.17, 15) is 9.18 Å². The molecule has 0 radical (unpaired) electrons. The van der Waals surface area contributed by atoms with E-state index in [1.165, 1.54) is 31.0 Å². The van der Waals surface area contributed by atoms with E-state index >= 15 is 0 Å². The number of halogens is 1. The Bertz CT molecular complexity index is 429. The van der Waals surface area contributed by atoms with E-state index in [-0.39, 0.29) is 11.6 Å². The quantitative estimate of drug-likeness (QED) is 0.787. The molecule has 3 N–H and O–H groups in total. The lowest BCUT2D eigenvalue weighted by Crippen LogP contribution is -2.29. The second kappa shape index (κ2) is 4.73. The van der Waals surface area contributed by atoms with Crippen LogP contribution in [0.1, 0.15) is 30.1 Å². The molecule has 1 unspecified atom stereocenters. The number of anilines is 1. The van der Waals surface area contributed by atoms with E-state index in [0.29, 0.717) is 18.0 Å². The van der Waals surface area contributed by atoms with Crippen molar-refractivity contribution in [2.24, 2.45) is 11.8 Å². The highest BCUT2D eigenvalue weighted by Crippen LogP contribution is 2.36. The van der Waals surface area contributed by atoms with Gasteiger partial charge in [0.15, 0.2) is 0 Å². The molecular formula is C13H17FN2O. The molecule has 0 saturated heterocycles. The van der Waals surface area contributed by atoms with Gasteiger partial charge in [-0.1, -0.05) is 6.92 Å². The van der Waals surface area contributed by atoms with Crippen LogP contribution in [0.2, 0.25) is 0 Å². The number of nitrogens with one attached hydrogen (secondary N) is 1. The van der Waals surface area contributed by atoms with Crippen LogP contribution in [0.4, 0.5) is 10.1 Å². The largest absolute Gasteiger partial charge is 0.398 e. The Hall–Kier alpha value is -1.58. The molecule has 0 heterocycles. The Morgan fingerprint density at radius 2 is 2.29 bits per heavy atom. The molecule has 1 aliphatic rings. The Kier molecular flexibility index (Phi) is 3.31. The van der Waals surface area contributed by atoms with Crippen molar-refractivity contribution in [2.45, 2.75) is 19.8 Å². The third-order valence-corrected chi connectivity index (χ3v) is 3.27. The molecule has 1 aromatic rings. The molecule has 0 aromatic heterocycles. The van der Waals surface area contributed by atoms with Crippen molar-refractivity contribution in [1.29, 1.82) is 0 Å². The standard InChI is InChI=1S/C13H17FN2O/c1-8(9-2-3-9)7-16-13(17)11-5-4-10(14)6-12(11)15/h4-6,8-9H,2-3,7,15H2,1H3,(H,16,17). The predicted molar refractivity (Wildman–Crippen MR) is 65.0 cm³/mol. The van der Waals surface area contributed by atoms with E-state index < -0.39 is 5.82 Å². The van der Waals surface area contributed by atoms with Crippen molar-refractivity contribution in [3.8, 4) is 0 Å². The summed E-state index contributed by atoms with van der Waals surface area (Å²) in [5, 5.41) is 2.84. The molecule has 0 aliphatic heterocycles. The number of carbonyl (C=O) groups is 1. The lowest BCUT2D eigenvalue weighted by molar-refractivity contribution is 0.0947. The summed E-state index contributed by atoms with van der Waals surface area (Å²) < 4.78 is 12.8. The summed E-state index contributed by atoms with van der Waals surface area (Å²) in [6.07, 6.45) is 2.52. The minimum Gasteiger partial charge on any atom is -0.398 e. The normalized spacial score (nSPS) is 16.6. The summed E-state index contributed by atoms with van der Waals surface area (Å²) in [4.78, 5) is 11.8. The molecule has 1 amide bonds. The molecule has 1 aromatic carbocycles. The maximum absolute atomic E-state index is 12.8. The summed E-state index contributed by atoms with van der Waals surface area (Å²) in [7, 11) is 0. The van der Waals surface area contributed by atoms with Crippen molar-refractivity contribution in [2.75, 3.05) is 12.3 Å². The molecule has 0 bridgehead atoms. The van der Waals surface area contributed by atoms with Crippen molar-refractivity contribution in [3.63, 3.8) is 0 Å². The minimum absolute atomic E-state index is 0.182. The van der Waals surface area contributed by atoms with Gasteiger partial charge in [-0.2, -0.15) is 0 Å². The molecule has 4 heteroatoms. The fourth-order valence-electron chi connectivity index (χ4n) is 1.92. The highest BCUT2D eigenvalue weighted by atomic mass is 19.1. The van der Waals surface area contributed by atoms with E-state index in [1.54, 1.807) is 0 Å². The van der Waals surface area contributed by atoms with Gasteiger partial charge in [-0.05, 0) is 42.9 Å². The highest BCUT2D eigenvalue weighted by molar-refractivity contribution is 5.99. The van der Waals surface area contributed by atoms with Crippen LogP contribution in [0.5, 0.6) is 0 Å². The number of nitrogens with two attached hydrogens (primary N) is 1. The summed E-state index contributed by atoms with van der Waals surface area (Å²) in [5.74, 6) is 0.599. The van der Waals surface area contributed by atoms with Gasteiger partial charge in [0.1, 0.15) is 5.82 Å². The molecule has 2 rings (SSSR count). The number of benzene rings is 1. The van der Waals surface area contributed by atoms with Crippen LogP contribution in [0.3, 0.4) is 0 Å². The summed E-state index contributed by atoms with van der Waals surface area (Å²) in [5.41, 5.74) is 6.12. The van der Waals surface area contributed by atoms with E-state index in [0.717, 1.165) is 5.92 Å². The maximum Gasteiger partial charge on any atom is 0.253 e. The summed E-state index contributed by atoms with van der Waals surface area (Å²) in [6.45, 7) is 2.78. The van der Waals surface area contributed by atoms with Crippen molar-refractivity contribution < 1.29 is 9.18 Å². The number of amides is 1. The average Bonchev–Trinajstić information content (AvgIpc) is 3.09. The second-order valence-corrected chi connectivity index (χ2v) is 4.76. The first-order valence-electron chi connectivity index (χ1n) is 5.91. The van der Waals surface area contributed by atoms with Crippen LogP contribution in [-0.4, -0.2) is 12.5 Å². The molecule has 1 aliphatic carbocycles. The maximum atomic E-state index is 12.8. The topological polar surface area (TPSA) is 55.1 Å². The third-order valence-electron chi connectivity index (χ3n) is 3.27. The SMILES string of the molecule is CC(CNC(=O)c1ccc(F)cc1N)C1CC1. The highest BCUT2D eigenvalue weighted by Gasteiger charge is 2.28. The lowest BCUT2D eigenvalue weighted by Gasteiger charge is -2.12. The third kappa shape index (κ3) is 2.96. The van der Waals surface area contributed by atoms with Crippen LogP contribution in [-0.2, 0) is 0 Å². The smallest absolute Gasteiger partial charge is 0.253 e. The molecule has 1 atom stereocenters. The number of carbonyl (C=O) groups excluding carboxylic acids is 1. The fraction of sp³-hybridized carbons (Fsp3) is 0.462. The Morgan fingerprint density at radius 3 is 2.88 bits per heavy atom. The molecule has 3 nitrogen and oxygen atoms in total. The lowest BCUT2D eigenvalue weighted by atomic mass is 10.1. The van der Waals surface area contributed by atoms with E-state index in [1.807, 2.05) is 0 Å². The minimum atomic E-state index is -0.426. The Balaban J connectivity index is 1.94. The van der Waals surface area contributed by atoms with Gasteiger partial charge in [-0.25, -0.2) is 4.39 Å². The van der Waals surface area contributed by atoms with Gasteiger partial charge in [-0.15, -0.1) is 0 Å². The molecule has 1 fully saturated rings. The first-order chi connectivity index (χ1) is 8.08. The Labute approximate surface area is 100 Å². The van der Waals surface area contributed by atoms with Crippen LogP contribution in [0.15, 0.2) is 18.2 Å². The molecule has 1 saturated carbocycles. The van der Waals surface area contributed by atoms with Crippen LogP contribution >= 0.6 is 0 Å². The number of hydrogen-bond acceptors (Lipinski definition) is 2.